The lowest BCUT2D eigenvalue weighted by molar-refractivity contribution is -0.236. The lowest BCUT2D eigenvalue weighted by Gasteiger charge is -2.29. The van der Waals surface area contributed by atoms with Crippen molar-refractivity contribution < 1.29 is 28.4 Å². The molecule has 3 rings (SSSR count). The summed E-state index contributed by atoms with van der Waals surface area (Å²) in [6.07, 6.45) is 0.889. The molecule has 3 aliphatic rings. The second-order valence-electron chi connectivity index (χ2n) is 7.13. The highest BCUT2D eigenvalue weighted by Crippen LogP contribution is 2.41. The molecule has 0 aromatic carbocycles. The van der Waals surface area contributed by atoms with Crippen LogP contribution in [0.15, 0.2) is 0 Å². The number of hydrogen-bond donors (Lipinski definition) is 0. The molecule has 6 heteroatoms. The molecule has 0 aromatic heterocycles. The Labute approximate surface area is 132 Å². The van der Waals surface area contributed by atoms with Gasteiger partial charge in [0.15, 0.2) is 17.9 Å². The monoisotopic (exact) mass is 316 g/mol. The third-order valence-corrected chi connectivity index (χ3v) is 4.23. The zero-order chi connectivity index (χ0) is 16.0. The maximum atomic E-state index is 6.08. The molecule has 0 aromatic rings. The molecule has 3 fully saturated rings. The first-order valence-corrected chi connectivity index (χ1v) is 8.26. The molecule has 3 aliphatic heterocycles. The molecular weight excluding hydrogens is 288 g/mol. The Kier molecular flexibility index (Phi) is 4.53. The Morgan fingerprint density at radius 1 is 1.00 bits per heavy atom. The van der Waals surface area contributed by atoms with Gasteiger partial charge in [0.1, 0.15) is 24.4 Å². The van der Waals surface area contributed by atoms with Crippen LogP contribution in [-0.2, 0) is 28.4 Å². The van der Waals surface area contributed by atoms with Crippen LogP contribution in [0.3, 0.4) is 0 Å². The molecular formula is C16H28O6. The molecule has 6 nitrogen and oxygen atoms in total. The molecule has 22 heavy (non-hydrogen) atoms. The van der Waals surface area contributed by atoms with Crippen molar-refractivity contribution in [3.8, 4) is 0 Å². The van der Waals surface area contributed by atoms with Gasteiger partial charge in [0.05, 0.1) is 6.61 Å². The normalized spacial score (nSPS) is 42.7. The number of hydrogen-bond acceptors (Lipinski definition) is 6. The quantitative estimate of drug-likeness (QED) is 0.725. The average Bonchev–Trinajstić information content (AvgIpc) is 3.01. The van der Waals surface area contributed by atoms with Gasteiger partial charge in [-0.25, -0.2) is 0 Å². The summed E-state index contributed by atoms with van der Waals surface area (Å²) in [5.74, 6) is -1.22. The van der Waals surface area contributed by atoms with Gasteiger partial charge in [-0.1, -0.05) is 13.3 Å². The molecule has 0 amide bonds. The van der Waals surface area contributed by atoms with Crippen LogP contribution in [0.25, 0.3) is 0 Å². The first-order valence-electron chi connectivity index (χ1n) is 8.26. The van der Waals surface area contributed by atoms with Crippen LogP contribution in [0.4, 0.5) is 0 Å². The van der Waals surface area contributed by atoms with Gasteiger partial charge < -0.3 is 28.4 Å². The van der Waals surface area contributed by atoms with E-state index in [9.17, 15) is 0 Å². The van der Waals surface area contributed by atoms with Crippen molar-refractivity contribution in [2.75, 3.05) is 13.2 Å². The maximum absolute atomic E-state index is 6.08. The van der Waals surface area contributed by atoms with Crippen molar-refractivity contribution in [1.29, 1.82) is 0 Å². The lowest BCUT2D eigenvalue weighted by Crippen LogP contribution is -2.44. The van der Waals surface area contributed by atoms with Gasteiger partial charge in [-0.15, -0.1) is 0 Å². The van der Waals surface area contributed by atoms with Gasteiger partial charge >= 0.3 is 0 Å². The van der Waals surface area contributed by atoms with Crippen molar-refractivity contribution in [1.82, 2.24) is 0 Å². The molecule has 0 radical (unpaired) electrons. The molecule has 2 unspecified atom stereocenters. The van der Waals surface area contributed by atoms with Crippen LogP contribution in [0.1, 0.15) is 47.5 Å². The topological polar surface area (TPSA) is 55.4 Å². The summed E-state index contributed by atoms with van der Waals surface area (Å²) in [6, 6.07) is 0. The summed E-state index contributed by atoms with van der Waals surface area (Å²) in [4.78, 5) is 0. The highest BCUT2D eigenvalue weighted by Gasteiger charge is 2.58. The summed E-state index contributed by atoms with van der Waals surface area (Å²) in [6.45, 7) is 10.9. The van der Waals surface area contributed by atoms with E-state index in [0.29, 0.717) is 13.2 Å². The number of fused-ring (bicyclic) bond motifs is 1. The summed E-state index contributed by atoms with van der Waals surface area (Å²) in [5.41, 5.74) is 0. The van der Waals surface area contributed by atoms with E-state index in [1.54, 1.807) is 0 Å². The third kappa shape index (κ3) is 3.32. The average molecular weight is 316 g/mol. The minimum atomic E-state index is -0.640. The van der Waals surface area contributed by atoms with Crippen LogP contribution in [0.2, 0.25) is 0 Å². The zero-order valence-corrected chi connectivity index (χ0v) is 14.2. The number of rotatable bonds is 5. The van der Waals surface area contributed by atoms with Crippen molar-refractivity contribution in [2.45, 2.75) is 89.7 Å². The fraction of sp³-hybridized carbons (Fsp3) is 1.00. The van der Waals surface area contributed by atoms with E-state index in [4.69, 9.17) is 28.4 Å². The van der Waals surface area contributed by atoms with Gasteiger partial charge in [-0.2, -0.15) is 0 Å². The highest BCUT2D eigenvalue weighted by atomic mass is 16.8. The van der Waals surface area contributed by atoms with E-state index in [2.05, 4.69) is 6.92 Å². The van der Waals surface area contributed by atoms with E-state index < -0.39 is 17.9 Å². The Bertz CT molecular complexity index is 396. The van der Waals surface area contributed by atoms with Crippen molar-refractivity contribution in [2.24, 2.45) is 0 Å². The van der Waals surface area contributed by atoms with Gasteiger partial charge in [0, 0.05) is 6.61 Å². The second kappa shape index (κ2) is 6.00. The van der Waals surface area contributed by atoms with Crippen molar-refractivity contribution >= 4 is 0 Å². The third-order valence-electron chi connectivity index (χ3n) is 4.23. The predicted octanol–water partition coefficient (Wildman–Crippen LogP) is 2.20. The summed E-state index contributed by atoms with van der Waals surface area (Å²) >= 11 is 0. The Hall–Kier alpha value is -0.240. The first-order chi connectivity index (χ1) is 10.3. The smallest absolute Gasteiger partial charge is 0.190 e. The van der Waals surface area contributed by atoms with Crippen molar-refractivity contribution in [3.05, 3.63) is 0 Å². The fourth-order valence-corrected chi connectivity index (χ4v) is 3.23. The van der Waals surface area contributed by atoms with Crippen LogP contribution in [-0.4, -0.2) is 55.5 Å². The van der Waals surface area contributed by atoms with E-state index in [-0.39, 0.29) is 24.4 Å². The minimum Gasteiger partial charge on any atom is -0.372 e. The fourth-order valence-electron chi connectivity index (χ4n) is 3.23. The molecule has 0 bridgehead atoms. The van der Waals surface area contributed by atoms with Gasteiger partial charge in [-0.05, 0) is 34.1 Å². The molecule has 0 aliphatic carbocycles. The molecule has 0 N–H and O–H groups in total. The lowest BCUT2D eigenvalue weighted by atomic mass is 10.1. The largest absolute Gasteiger partial charge is 0.372 e. The Morgan fingerprint density at radius 3 is 2.41 bits per heavy atom. The summed E-state index contributed by atoms with van der Waals surface area (Å²) in [5, 5.41) is 0. The van der Waals surface area contributed by atoms with Crippen LogP contribution in [0, 0.1) is 0 Å². The molecule has 3 saturated heterocycles. The molecule has 5 atom stereocenters. The minimum absolute atomic E-state index is 0.164. The van der Waals surface area contributed by atoms with E-state index >= 15 is 0 Å². The SMILES string of the molecule is CCCCO[C@@H]1C2OC(C)(C)O[C@H]2O[C@@H]1C1COC(C)(C)O1. The number of ether oxygens (including phenoxy) is 6. The zero-order valence-electron chi connectivity index (χ0n) is 14.2. The van der Waals surface area contributed by atoms with Gasteiger partial charge in [0.25, 0.3) is 0 Å². The molecule has 0 saturated carbocycles. The standard InChI is InChI=1S/C16H28O6/c1-6-7-8-17-12-11(10-9-18-15(2,3)20-10)19-14-13(12)21-16(4,5)22-14/h10-14H,6-9H2,1-5H3/t10?,11-,12+,13?,14-/m1/s1. The Balaban J connectivity index is 1.69. The first kappa shape index (κ1) is 16.6. The predicted molar refractivity (Wildman–Crippen MR) is 78.3 cm³/mol. The van der Waals surface area contributed by atoms with Crippen LogP contribution < -0.4 is 0 Å². The van der Waals surface area contributed by atoms with Crippen LogP contribution in [0.5, 0.6) is 0 Å². The van der Waals surface area contributed by atoms with Crippen molar-refractivity contribution in [3.63, 3.8) is 0 Å². The van der Waals surface area contributed by atoms with E-state index in [1.165, 1.54) is 0 Å². The summed E-state index contributed by atoms with van der Waals surface area (Å²) < 4.78 is 35.6. The molecule has 3 heterocycles. The Morgan fingerprint density at radius 2 is 1.77 bits per heavy atom. The summed E-state index contributed by atoms with van der Waals surface area (Å²) in [7, 11) is 0. The maximum Gasteiger partial charge on any atom is 0.190 e. The highest BCUT2D eigenvalue weighted by molar-refractivity contribution is 4.98. The molecule has 0 spiro atoms. The van der Waals surface area contributed by atoms with Gasteiger partial charge in [-0.3, -0.25) is 0 Å². The van der Waals surface area contributed by atoms with Crippen LogP contribution >= 0.6 is 0 Å². The van der Waals surface area contributed by atoms with Gasteiger partial charge in [0.2, 0.25) is 0 Å². The van der Waals surface area contributed by atoms with E-state index in [1.807, 2.05) is 27.7 Å². The second-order valence-corrected chi connectivity index (χ2v) is 7.13. The van der Waals surface area contributed by atoms with E-state index in [0.717, 1.165) is 12.8 Å². The number of unbranched alkanes of at least 4 members (excludes halogenated alkanes) is 1. The molecule has 128 valence electrons.